The normalized spacial score (nSPS) is 20.8. The van der Waals surface area contributed by atoms with E-state index in [1.807, 2.05) is 18.2 Å². The van der Waals surface area contributed by atoms with Gasteiger partial charge in [0.25, 0.3) is 0 Å². The molecule has 4 nitrogen and oxygen atoms in total. The highest BCUT2D eigenvalue weighted by molar-refractivity contribution is 7.19. The van der Waals surface area contributed by atoms with Gasteiger partial charge in [0, 0.05) is 40.8 Å². The highest BCUT2D eigenvalue weighted by Crippen LogP contribution is 2.41. The summed E-state index contributed by atoms with van der Waals surface area (Å²) in [7, 11) is 0. The van der Waals surface area contributed by atoms with Crippen LogP contribution >= 0.6 is 22.9 Å². The van der Waals surface area contributed by atoms with Gasteiger partial charge in [0.1, 0.15) is 0 Å². The number of thiophene rings is 1. The van der Waals surface area contributed by atoms with Crippen molar-refractivity contribution in [2.24, 2.45) is 5.41 Å². The minimum atomic E-state index is -4.53. The van der Waals surface area contributed by atoms with Crippen molar-refractivity contribution in [3.05, 3.63) is 34.2 Å². The molecule has 2 aromatic rings. The van der Waals surface area contributed by atoms with E-state index in [0.29, 0.717) is 13.1 Å². The van der Waals surface area contributed by atoms with Crippen molar-refractivity contribution in [3.63, 3.8) is 0 Å². The Balaban J connectivity index is 1.30. The van der Waals surface area contributed by atoms with Crippen LogP contribution < -0.4 is 0 Å². The van der Waals surface area contributed by atoms with Crippen molar-refractivity contribution in [2.75, 3.05) is 26.2 Å². The molecular weight excluding hydrogens is 437 g/mol. The summed E-state index contributed by atoms with van der Waals surface area (Å²) in [6.07, 6.45) is -4.85. The van der Waals surface area contributed by atoms with Crippen LogP contribution in [-0.4, -0.2) is 54.4 Å². The van der Waals surface area contributed by atoms with Crippen LogP contribution in [0.5, 0.6) is 0 Å². The maximum absolute atomic E-state index is 12.6. The standard InChI is InChI=1S/C21H24ClF3N2O2S/c1-14(21(23,24)25)29-19(28)27-8-5-20(6-9-27)4-7-26(13-20)12-17-11-15-10-16(22)2-3-18(15)30-17/h2-3,10-11,14H,4-9,12-13H2,1H3. The topological polar surface area (TPSA) is 32.8 Å². The fourth-order valence-electron chi connectivity index (χ4n) is 4.39. The summed E-state index contributed by atoms with van der Waals surface area (Å²) in [6.45, 7) is 4.57. The summed E-state index contributed by atoms with van der Waals surface area (Å²) < 4.78 is 43.7. The fourth-order valence-corrected chi connectivity index (χ4v) is 5.66. The van der Waals surface area contributed by atoms with Gasteiger partial charge < -0.3 is 9.64 Å². The molecule has 0 radical (unpaired) electrons. The zero-order valence-electron chi connectivity index (χ0n) is 16.7. The molecule has 2 saturated heterocycles. The Hall–Kier alpha value is -1.51. The number of alkyl halides is 3. The lowest BCUT2D eigenvalue weighted by molar-refractivity contribution is -0.200. The van der Waals surface area contributed by atoms with Crippen molar-refractivity contribution in [1.82, 2.24) is 9.80 Å². The van der Waals surface area contributed by atoms with Crippen LogP contribution in [0.4, 0.5) is 18.0 Å². The van der Waals surface area contributed by atoms with E-state index in [1.165, 1.54) is 14.5 Å². The molecule has 2 fully saturated rings. The molecule has 1 spiro atoms. The Morgan fingerprint density at radius 1 is 1.23 bits per heavy atom. The number of amides is 1. The number of likely N-dealkylation sites (tertiary alicyclic amines) is 2. The van der Waals surface area contributed by atoms with E-state index in [1.54, 1.807) is 11.3 Å². The van der Waals surface area contributed by atoms with E-state index in [4.69, 9.17) is 11.6 Å². The Bertz CT molecular complexity index is 925. The molecule has 1 aromatic carbocycles. The van der Waals surface area contributed by atoms with Crippen LogP contribution in [0.3, 0.4) is 0 Å². The second-order valence-electron chi connectivity index (χ2n) is 8.41. The molecule has 2 aliphatic heterocycles. The minimum Gasteiger partial charge on any atom is -0.437 e. The monoisotopic (exact) mass is 460 g/mol. The van der Waals surface area contributed by atoms with E-state index in [-0.39, 0.29) is 5.41 Å². The number of rotatable bonds is 3. The zero-order valence-corrected chi connectivity index (χ0v) is 18.2. The second-order valence-corrected chi connectivity index (χ2v) is 10.0. The van der Waals surface area contributed by atoms with Crippen LogP contribution in [0.2, 0.25) is 5.02 Å². The van der Waals surface area contributed by atoms with Gasteiger partial charge in [0.2, 0.25) is 0 Å². The van der Waals surface area contributed by atoms with E-state index < -0.39 is 18.4 Å². The van der Waals surface area contributed by atoms with Gasteiger partial charge in [-0.15, -0.1) is 11.3 Å². The van der Waals surface area contributed by atoms with E-state index >= 15 is 0 Å². The van der Waals surface area contributed by atoms with Gasteiger partial charge in [-0.2, -0.15) is 13.2 Å². The maximum Gasteiger partial charge on any atom is 0.425 e. The van der Waals surface area contributed by atoms with Crippen molar-refractivity contribution >= 4 is 39.1 Å². The summed E-state index contributed by atoms with van der Waals surface area (Å²) in [5.74, 6) is 0. The summed E-state index contributed by atoms with van der Waals surface area (Å²) in [4.78, 5) is 17.2. The van der Waals surface area contributed by atoms with Gasteiger partial charge in [-0.05, 0) is 67.8 Å². The van der Waals surface area contributed by atoms with Gasteiger partial charge in [0.15, 0.2) is 6.10 Å². The first-order chi connectivity index (χ1) is 14.1. The number of carbonyl (C=O) groups is 1. The zero-order chi connectivity index (χ0) is 21.5. The van der Waals surface area contributed by atoms with Gasteiger partial charge in [-0.1, -0.05) is 11.6 Å². The highest BCUT2D eigenvalue weighted by atomic mass is 35.5. The largest absolute Gasteiger partial charge is 0.437 e. The Morgan fingerprint density at radius 3 is 2.63 bits per heavy atom. The minimum absolute atomic E-state index is 0.131. The number of carbonyl (C=O) groups excluding carboxylic acids is 1. The predicted molar refractivity (Wildman–Crippen MR) is 112 cm³/mol. The third kappa shape index (κ3) is 4.70. The molecule has 0 bridgehead atoms. The molecule has 1 aromatic heterocycles. The van der Waals surface area contributed by atoms with Gasteiger partial charge in [0.05, 0.1) is 0 Å². The molecule has 30 heavy (non-hydrogen) atoms. The Labute approximate surface area is 182 Å². The van der Waals surface area contributed by atoms with Crippen LogP contribution in [0.15, 0.2) is 24.3 Å². The van der Waals surface area contributed by atoms with Gasteiger partial charge >= 0.3 is 12.3 Å². The Morgan fingerprint density at radius 2 is 1.93 bits per heavy atom. The Kier molecular flexibility index (Phi) is 5.94. The molecule has 1 unspecified atom stereocenters. The SMILES string of the molecule is CC(OC(=O)N1CCC2(CCN(Cc3cc4cc(Cl)ccc4s3)C2)CC1)C(F)(F)F. The van der Waals surface area contributed by atoms with Gasteiger partial charge in [-0.3, -0.25) is 4.90 Å². The maximum atomic E-state index is 12.6. The number of ether oxygens (including phenoxy) is 1. The lowest BCUT2D eigenvalue weighted by atomic mass is 9.78. The number of benzene rings is 1. The third-order valence-corrected chi connectivity index (χ3v) is 7.58. The van der Waals surface area contributed by atoms with Crippen molar-refractivity contribution in [2.45, 2.75) is 45.0 Å². The number of hydrogen-bond acceptors (Lipinski definition) is 4. The molecule has 2 aliphatic rings. The van der Waals surface area contributed by atoms with Crippen LogP contribution in [0.1, 0.15) is 31.1 Å². The predicted octanol–water partition coefficient (Wildman–Crippen LogP) is 5.93. The summed E-state index contributed by atoms with van der Waals surface area (Å²) in [5, 5.41) is 1.90. The molecule has 1 atom stereocenters. The smallest absolute Gasteiger partial charge is 0.425 e. The van der Waals surface area contributed by atoms with E-state index in [9.17, 15) is 18.0 Å². The average molecular weight is 461 g/mol. The molecule has 9 heteroatoms. The first-order valence-corrected chi connectivity index (χ1v) is 11.3. The lowest BCUT2D eigenvalue weighted by Crippen LogP contribution is -2.46. The summed E-state index contributed by atoms with van der Waals surface area (Å²) in [5.41, 5.74) is 0.131. The van der Waals surface area contributed by atoms with E-state index in [0.717, 1.165) is 56.2 Å². The molecule has 1 amide bonds. The van der Waals surface area contributed by atoms with Gasteiger partial charge in [-0.25, -0.2) is 4.79 Å². The first kappa shape index (κ1) is 21.7. The molecule has 4 rings (SSSR count). The van der Waals surface area contributed by atoms with Crippen LogP contribution in [-0.2, 0) is 11.3 Å². The lowest BCUT2D eigenvalue weighted by Gasteiger charge is -2.39. The number of halogens is 4. The molecule has 0 N–H and O–H groups in total. The third-order valence-electron chi connectivity index (χ3n) is 6.25. The molecule has 0 saturated carbocycles. The summed E-state index contributed by atoms with van der Waals surface area (Å²) >= 11 is 7.86. The molecule has 0 aliphatic carbocycles. The second kappa shape index (κ2) is 8.20. The fraction of sp³-hybridized carbons (Fsp3) is 0.571. The molecule has 3 heterocycles. The van der Waals surface area contributed by atoms with Crippen molar-refractivity contribution in [1.29, 1.82) is 0 Å². The van der Waals surface area contributed by atoms with E-state index in [2.05, 4.69) is 15.7 Å². The summed E-state index contributed by atoms with van der Waals surface area (Å²) in [6, 6.07) is 8.13. The molecule has 164 valence electrons. The number of fused-ring (bicyclic) bond motifs is 1. The van der Waals surface area contributed by atoms with Crippen LogP contribution in [0, 0.1) is 5.41 Å². The number of piperidine rings is 1. The highest BCUT2D eigenvalue weighted by Gasteiger charge is 2.43. The first-order valence-electron chi connectivity index (χ1n) is 10.1. The van der Waals surface area contributed by atoms with Crippen LogP contribution in [0.25, 0.3) is 10.1 Å². The quantitative estimate of drug-likeness (QED) is 0.569. The average Bonchev–Trinajstić information content (AvgIpc) is 3.25. The van der Waals surface area contributed by atoms with Crippen molar-refractivity contribution < 1.29 is 22.7 Å². The van der Waals surface area contributed by atoms with Crippen molar-refractivity contribution in [3.8, 4) is 0 Å². The number of nitrogens with zero attached hydrogens (tertiary/aromatic N) is 2. The molecular formula is C21H24ClF3N2O2S. The number of hydrogen-bond donors (Lipinski definition) is 0.